The van der Waals surface area contributed by atoms with Gasteiger partial charge in [0.2, 0.25) is 0 Å². The van der Waals surface area contributed by atoms with E-state index in [1.165, 1.54) is 45.4 Å². The molecule has 0 fully saturated rings. The Hall–Kier alpha value is -1.89. The summed E-state index contributed by atoms with van der Waals surface area (Å²) in [7, 11) is 0. The topological polar surface area (TPSA) is 12.9 Å². The molecule has 1 nitrogen and oxygen atoms in total. The second-order valence-electron chi connectivity index (χ2n) is 5.92. The third-order valence-electron chi connectivity index (χ3n) is 4.01. The van der Waals surface area contributed by atoms with Crippen LogP contribution in [0.4, 0.5) is 0 Å². The molecule has 0 bridgehead atoms. The van der Waals surface area contributed by atoms with E-state index in [0.29, 0.717) is 0 Å². The fraction of sp³-hybridized carbons (Fsp3) is 0.350. The zero-order valence-electron chi connectivity index (χ0n) is 13.8. The minimum absolute atomic E-state index is 1.12. The summed E-state index contributed by atoms with van der Waals surface area (Å²) in [5.41, 5.74) is 9.47. The predicted molar refractivity (Wildman–Crippen MR) is 92.3 cm³/mol. The maximum atomic E-state index is 4.33. The maximum Gasteiger partial charge on any atom is 0.0349 e. The van der Waals surface area contributed by atoms with Crippen molar-refractivity contribution in [3.05, 3.63) is 58.9 Å². The second-order valence-corrected chi connectivity index (χ2v) is 5.92. The van der Waals surface area contributed by atoms with Crippen molar-refractivity contribution in [2.45, 2.75) is 47.5 Å². The first-order valence-electron chi connectivity index (χ1n) is 7.73. The predicted octanol–water partition coefficient (Wildman–Crippen LogP) is 5.96. The lowest BCUT2D eigenvalue weighted by Crippen LogP contribution is -1.97. The highest BCUT2D eigenvalue weighted by Gasteiger charge is 2.14. The molecule has 2 rings (SSSR count). The standard InChI is InChI=1S/C20H25N/c1-6-8-17(14(2)3)20-16(5)9-7-10-18(20)19-13-21-12-11-15(19)4/h7,9-13H,6,8H2,1-5H3. The van der Waals surface area contributed by atoms with E-state index in [2.05, 4.69) is 63.9 Å². The van der Waals surface area contributed by atoms with Crippen molar-refractivity contribution in [3.8, 4) is 11.1 Å². The van der Waals surface area contributed by atoms with Gasteiger partial charge in [0, 0.05) is 18.0 Å². The summed E-state index contributed by atoms with van der Waals surface area (Å²) in [4.78, 5) is 4.33. The molecule has 21 heavy (non-hydrogen) atoms. The lowest BCUT2D eigenvalue weighted by atomic mass is 9.86. The smallest absolute Gasteiger partial charge is 0.0349 e. The summed E-state index contributed by atoms with van der Waals surface area (Å²) in [5, 5.41) is 0. The number of benzene rings is 1. The lowest BCUT2D eigenvalue weighted by molar-refractivity contribution is 0.963. The Kier molecular flexibility index (Phi) is 4.95. The van der Waals surface area contributed by atoms with Gasteiger partial charge in [0.25, 0.3) is 0 Å². The van der Waals surface area contributed by atoms with E-state index in [0.717, 1.165) is 6.42 Å². The van der Waals surface area contributed by atoms with Crippen molar-refractivity contribution in [2.24, 2.45) is 0 Å². The number of nitrogens with zero attached hydrogens (tertiary/aromatic N) is 1. The van der Waals surface area contributed by atoms with E-state index < -0.39 is 0 Å². The summed E-state index contributed by atoms with van der Waals surface area (Å²) >= 11 is 0. The highest BCUT2D eigenvalue weighted by Crippen LogP contribution is 2.36. The van der Waals surface area contributed by atoms with Gasteiger partial charge in [0.1, 0.15) is 0 Å². The number of aromatic nitrogens is 1. The number of aryl methyl sites for hydroxylation is 2. The van der Waals surface area contributed by atoms with Crippen LogP contribution in [0.15, 0.2) is 42.2 Å². The van der Waals surface area contributed by atoms with Gasteiger partial charge in [-0.05, 0) is 68.0 Å². The normalized spacial score (nSPS) is 10.5. The Morgan fingerprint density at radius 2 is 1.76 bits per heavy atom. The Morgan fingerprint density at radius 3 is 2.38 bits per heavy atom. The van der Waals surface area contributed by atoms with Gasteiger partial charge in [0.05, 0.1) is 0 Å². The van der Waals surface area contributed by atoms with E-state index in [1.807, 2.05) is 12.4 Å². The average Bonchev–Trinajstić information content (AvgIpc) is 2.45. The van der Waals surface area contributed by atoms with Gasteiger partial charge in [-0.25, -0.2) is 0 Å². The molecule has 0 radical (unpaired) electrons. The summed E-state index contributed by atoms with van der Waals surface area (Å²) in [6.45, 7) is 11.1. The van der Waals surface area contributed by atoms with E-state index in [4.69, 9.17) is 0 Å². The Labute approximate surface area is 128 Å². The molecule has 0 aliphatic heterocycles. The highest BCUT2D eigenvalue weighted by atomic mass is 14.6. The van der Waals surface area contributed by atoms with Crippen LogP contribution in [-0.4, -0.2) is 4.98 Å². The Balaban J connectivity index is 2.73. The molecule has 0 aliphatic rings. The summed E-state index contributed by atoms with van der Waals surface area (Å²) in [5.74, 6) is 0. The van der Waals surface area contributed by atoms with E-state index in [1.54, 1.807) is 0 Å². The SMILES string of the molecule is CCCC(=C(C)C)c1c(C)cccc1-c1cnccc1C. The molecule has 0 spiro atoms. The van der Waals surface area contributed by atoms with Crippen molar-refractivity contribution >= 4 is 5.57 Å². The van der Waals surface area contributed by atoms with Gasteiger partial charge in [-0.2, -0.15) is 0 Å². The summed E-state index contributed by atoms with van der Waals surface area (Å²) in [6.07, 6.45) is 6.14. The largest absolute Gasteiger partial charge is 0.264 e. The highest BCUT2D eigenvalue weighted by molar-refractivity contribution is 5.85. The molecule has 0 aliphatic carbocycles. The van der Waals surface area contributed by atoms with Crippen molar-refractivity contribution in [1.82, 2.24) is 4.98 Å². The van der Waals surface area contributed by atoms with Crippen molar-refractivity contribution in [2.75, 3.05) is 0 Å². The summed E-state index contributed by atoms with van der Waals surface area (Å²) in [6, 6.07) is 8.67. The Bertz CT molecular complexity index is 661. The van der Waals surface area contributed by atoms with Gasteiger partial charge >= 0.3 is 0 Å². The fourth-order valence-corrected chi connectivity index (χ4v) is 2.91. The zero-order chi connectivity index (χ0) is 15.4. The first-order valence-corrected chi connectivity index (χ1v) is 7.73. The molecular formula is C20H25N. The van der Waals surface area contributed by atoms with E-state index in [-0.39, 0.29) is 0 Å². The number of hydrogen-bond acceptors (Lipinski definition) is 1. The molecule has 1 heteroatoms. The molecule has 2 aromatic rings. The van der Waals surface area contributed by atoms with Gasteiger partial charge in [-0.3, -0.25) is 4.98 Å². The quantitative estimate of drug-likeness (QED) is 0.673. The van der Waals surface area contributed by atoms with Crippen LogP contribution in [-0.2, 0) is 0 Å². The molecule has 1 aromatic heterocycles. The van der Waals surface area contributed by atoms with Crippen LogP contribution < -0.4 is 0 Å². The van der Waals surface area contributed by atoms with Crippen LogP contribution in [0, 0.1) is 13.8 Å². The van der Waals surface area contributed by atoms with Crippen LogP contribution >= 0.6 is 0 Å². The van der Waals surface area contributed by atoms with Gasteiger partial charge in [-0.15, -0.1) is 0 Å². The lowest BCUT2D eigenvalue weighted by Gasteiger charge is -2.18. The van der Waals surface area contributed by atoms with Crippen LogP contribution in [0.25, 0.3) is 16.7 Å². The fourth-order valence-electron chi connectivity index (χ4n) is 2.91. The molecule has 0 N–H and O–H groups in total. The molecule has 0 saturated carbocycles. The van der Waals surface area contributed by atoms with Crippen LogP contribution in [0.1, 0.15) is 50.3 Å². The first kappa shape index (κ1) is 15.5. The van der Waals surface area contributed by atoms with Gasteiger partial charge in [-0.1, -0.05) is 37.1 Å². The maximum absolute atomic E-state index is 4.33. The van der Waals surface area contributed by atoms with Gasteiger partial charge < -0.3 is 0 Å². The van der Waals surface area contributed by atoms with Crippen LogP contribution in [0.2, 0.25) is 0 Å². The van der Waals surface area contributed by atoms with Crippen LogP contribution in [0.5, 0.6) is 0 Å². The number of hydrogen-bond donors (Lipinski definition) is 0. The molecule has 0 unspecified atom stereocenters. The first-order chi connectivity index (χ1) is 10.1. The van der Waals surface area contributed by atoms with Crippen molar-refractivity contribution in [1.29, 1.82) is 0 Å². The molecule has 0 amide bonds. The second kappa shape index (κ2) is 6.71. The number of pyridine rings is 1. The molecular weight excluding hydrogens is 254 g/mol. The van der Waals surface area contributed by atoms with Crippen molar-refractivity contribution in [3.63, 3.8) is 0 Å². The van der Waals surface area contributed by atoms with E-state index >= 15 is 0 Å². The number of allylic oxidation sites excluding steroid dienone is 2. The Morgan fingerprint density at radius 1 is 1.00 bits per heavy atom. The van der Waals surface area contributed by atoms with Crippen LogP contribution in [0.3, 0.4) is 0 Å². The third-order valence-corrected chi connectivity index (χ3v) is 4.01. The minimum atomic E-state index is 1.12. The molecule has 1 aromatic carbocycles. The third kappa shape index (κ3) is 3.24. The number of rotatable bonds is 4. The molecule has 110 valence electrons. The average molecular weight is 279 g/mol. The summed E-state index contributed by atoms with van der Waals surface area (Å²) < 4.78 is 0. The monoisotopic (exact) mass is 279 g/mol. The molecule has 0 atom stereocenters. The van der Waals surface area contributed by atoms with E-state index in [9.17, 15) is 0 Å². The molecule has 1 heterocycles. The minimum Gasteiger partial charge on any atom is -0.264 e. The zero-order valence-corrected chi connectivity index (χ0v) is 13.8. The molecule has 0 saturated heterocycles. The van der Waals surface area contributed by atoms with Crippen molar-refractivity contribution < 1.29 is 0 Å². The van der Waals surface area contributed by atoms with Gasteiger partial charge in [0.15, 0.2) is 0 Å².